The number of hydrogen-bond acceptors (Lipinski definition) is 2. The maximum Gasteiger partial charge on any atom is 0.328 e. The first-order valence-electron chi connectivity index (χ1n) is 7.04. The molecule has 0 heterocycles. The van der Waals surface area contributed by atoms with Crippen LogP contribution in [0.25, 0.3) is 0 Å². The number of hydrogen-bond donors (Lipinski definition) is 1. The van der Waals surface area contributed by atoms with Crippen LogP contribution in [0.15, 0.2) is 48.1 Å². The maximum absolute atomic E-state index is 12.5. The summed E-state index contributed by atoms with van der Waals surface area (Å²) >= 11 is 0. The Morgan fingerprint density at radius 3 is 2.67 bits per heavy atom. The van der Waals surface area contributed by atoms with Crippen LogP contribution in [0, 0.1) is 5.41 Å². The lowest BCUT2D eigenvalue weighted by Gasteiger charge is -2.34. The van der Waals surface area contributed by atoms with Gasteiger partial charge in [0.2, 0.25) is 0 Å². The molecule has 21 heavy (non-hydrogen) atoms. The molecule has 0 radical (unpaired) electrons. The summed E-state index contributed by atoms with van der Waals surface area (Å²) in [5.74, 6) is -0.636. The van der Waals surface area contributed by atoms with Gasteiger partial charge >= 0.3 is 5.97 Å². The van der Waals surface area contributed by atoms with Crippen molar-refractivity contribution in [3.8, 4) is 0 Å². The summed E-state index contributed by atoms with van der Waals surface area (Å²) in [6.07, 6.45) is 5.74. The van der Waals surface area contributed by atoms with E-state index in [2.05, 4.69) is 0 Å². The third-order valence-electron chi connectivity index (χ3n) is 3.89. The second kappa shape index (κ2) is 5.68. The van der Waals surface area contributed by atoms with Gasteiger partial charge in [-0.3, -0.25) is 4.79 Å². The van der Waals surface area contributed by atoms with Gasteiger partial charge < -0.3 is 5.11 Å². The fourth-order valence-corrected chi connectivity index (χ4v) is 2.83. The van der Waals surface area contributed by atoms with E-state index in [1.807, 2.05) is 50.3 Å². The summed E-state index contributed by atoms with van der Waals surface area (Å²) in [6.45, 7) is 5.69. The Labute approximate surface area is 125 Å². The second-order valence-electron chi connectivity index (χ2n) is 6.20. The number of carboxylic acid groups (broad SMARTS) is 1. The van der Waals surface area contributed by atoms with Crippen molar-refractivity contribution in [3.05, 3.63) is 59.2 Å². The minimum atomic E-state index is -0.947. The van der Waals surface area contributed by atoms with Crippen molar-refractivity contribution in [1.82, 2.24) is 0 Å². The van der Waals surface area contributed by atoms with E-state index in [1.54, 1.807) is 6.92 Å². The molecular weight excluding hydrogens is 264 g/mol. The highest BCUT2D eigenvalue weighted by atomic mass is 16.4. The number of ketones is 1. The van der Waals surface area contributed by atoms with Gasteiger partial charge in [0.25, 0.3) is 0 Å². The predicted molar refractivity (Wildman–Crippen MR) is 82.4 cm³/mol. The first-order chi connectivity index (χ1) is 9.81. The zero-order valence-corrected chi connectivity index (χ0v) is 12.6. The van der Waals surface area contributed by atoms with Gasteiger partial charge in [-0.1, -0.05) is 50.3 Å². The van der Waals surface area contributed by atoms with Crippen LogP contribution in [0.4, 0.5) is 0 Å². The van der Waals surface area contributed by atoms with Crippen molar-refractivity contribution < 1.29 is 14.7 Å². The Morgan fingerprint density at radius 2 is 2.00 bits per heavy atom. The van der Waals surface area contributed by atoms with E-state index in [1.165, 1.54) is 6.08 Å². The van der Waals surface area contributed by atoms with Crippen molar-refractivity contribution in [2.45, 2.75) is 33.1 Å². The third kappa shape index (κ3) is 3.30. The number of carbonyl (C=O) groups is 2. The fraction of sp³-hybridized carbons (Fsp3) is 0.333. The van der Waals surface area contributed by atoms with Crippen molar-refractivity contribution in [1.29, 1.82) is 0 Å². The van der Waals surface area contributed by atoms with Gasteiger partial charge in [-0.2, -0.15) is 0 Å². The summed E-state index contributed by atoms with van der Waals surface area (Å²) < 4.78 is 0. The molecular formula is C18H20O3. The van der Waals surface area contributed by atoms with Crippen molar-refractivity contribution in [3.63, 3.8) is 0 Å². The van der Waals surface area contributed by atoms with Gasteiger partial charge in [0, 0.05) is 23.0 Å². The summed E-state index contributed by atoms with van der Waals surface area (Å²) in [6, 6.07) is 7.67. The van der Waals surface area contributed by atoms with Crippen molar-refractivity contribution >= 4 is 11.8 Å². The van der Waals surface area contributed by atoms with Gasteiger partial charge in [-0.15, -0.1) is 0 Å². The van der Waals surface area contributed by atoms with E-state index >= 15 is 0 Å². The molecule has 1 atom stereocenters. The number of carbonyl (C=O) groups excluding carboxylic acids is 1. The lowest BCUT2D eigenvalue weighted by Crippen LogP contribution is -2.32. The number of allylic oxidation sites excluding steroid dienone is 3. The van der Waals surface area contributed by atoms with Crippen LogP contribution in [0.1, 0.15) is 49.0 Å². The average Bonchev–Trinajstić information content (AvgIpc) is 2.41. The topological polar surface area (TPSA) is 54.4 Å². The van der Waals surface area contributed by atoms with Crippen molar-refractivity contribution in [2.24, 2.45) is 5.41 Å². The van der Waals surface area contributed by atoms with Gasteiger partial charge in [0.15, 0.2) is 5.78 Å². The van der Waals surface area contributed by atoms with Gasteiger partial charge in [-0.25, -0.2) is 4.79 Å². The molecule has 3 heteroatoms. The number of aliphatic carboxylic acids is 1. The smallest absolute Gasteiger partial charge is 0.328 e. The predicted octanol–water partition coefficient (Wildman–Crippen LogP) is 3.97. The number of rotatable bonds is 3. The van der Waals surface area contributed by atoms with E-state index in [-0.39, 0.29) is 11.7 Å². The monoisotopic (exact) mass is 284 g/mol. The Hall–Kier alpha value is -2.16. The van der Waals surface area contributed by atoms with Gasteiger partial charge in [-0.05, 0) is 24.5 Å². The highest BCUT2D eigenvalue weighted by Crippen LogP contribution is 2.42. The van der Waals surface area contributed by atoms with E-state index < -0.39 is 11.4 Å². The quantitative estimate of drug-likeness (QED) is 0.675. The normalized spacial score (nSPS) is 21.4. The number of benzene rings is 1. The fourth-order valence-electron chi connectivity index (χ4n) is 2.83. The minimum Gasteiger partial charge on any atom is -0.478 e. The van der Waals surface area contributed by atoms with Crippen molar-refractivity contribution in [2.75, 3.05) is 0 Å². The number of fused-ring (bicyclic) bond motifs is 1. The molecule has 110 valence electrons. The summed E-state index contributed by atoms with van der Waals surface area (Å²) in [5.41, 5.74) is 2.10. The molecule has 1 aromatic rings. The van der Waals surface area contributed by atoms with Crippen LogP contribution in [0.5, 0.6) is 0 Å². The van der Waals surface area contributed by atoms with Crippen LogP contribution >= 0.6 is 0 Å². The molecule has 0 unspecified atom stereocenters. The SMILES string of the molecule is CC(=C/C(=O)O)/C=C/[C@@H]1CC(C)(C)C(=O)c2ccccc21. The molecule has 1 aliphatic carbocycles. The van der Waals surface area contributed by atoms with Gasteiger partial charge in [0.1, 0.15) is 0 Å². The standard InChI is InChI=1S/C18H20O3/c1-12(10-16(19)20)8-9-13-11-18(2,3)17(21)15-7-5-4-6-14(13)15/h4-10,13H,11H2,1-3H3,(H,19,20)/b9-8+,12-10-/t13-/m1/s1. The Bertz CT molecular complexity index is 636. The Morgan fingerprint density at radius 1 is 1.33 bits per heavy atom. The largest absolute Gasteiger partial charge is 0.478 e. The van der Waals surface area contributed by atoms with E-state index in [0.717, 1.165) is 17.5 Å². The molecule has 0 spiro atoms. The highest BCUT2D eigenvalue weighted by molar-refractivity contribution is 6.02. The maximum atomic E-state index is 12.5. The lowest BCUT2D eigenvalue weighted by molar-refractivity contribution is -0.131. The Kier molecular flexibility index (Phi) is 4.12. The lowest BCUT2D eigenvalue weighted by atomic mass is 9.68. The molecule has 0 saturated carbocycles. The first kappa shape index (κ1) is 15.2. The molecule has 1 aromatic carbocycles. The van der Waals surface area contributed by atoms with E-state index in [4.69, 9.17) is 5.11 Å². The summed E-state index contributed by atoms with van der Waals surface area (Å²) in [7, 11) is 0. The molecule has 2 rings (SSSR count). The number of Topliss-reactive ketones (excluding diaryl/α,β-unsaturated/α-hetero) is 1. The van der Waals surface area contributed by atoms with E-state index in [0.29, 0.717) is 5.57 Å². The van der Waals surface area contributed by atoms with Crippen LogP contribution < -0.4 is 0 Å². The zero-order chi connectivity index (χ0) is 15.6. The van der Waals surface area contributed by atoms with Gasteiger partial charge in [0.05, 0.1) is 0 Å². The first-order valence-corrected chi connectivity index (χ1v) is 7.04. The van der Waals surface area contributed by atoms with Crippen LogP contribution in [-0.2, 0) is 4.79 Å². The minimum absolute atomic E-state index is 0.131. The summed E-state index contributed by atoms with van der Waals surface area (Å²) in [5, 5.41) is 8.74. The van der Waals surface area contributed by atoms with Crippen LogP contribution in [0.2, 0.25) is 0 Å². The third-order valence-corrected chi connectivity index (χ3v) is 3.89. The molecule has 0 fully saturated rings. The average molecular weight is 284 g/mol. The molecule has 0 bridgehead atoms. The second-order valence-corrected chi connectivity index (χ2v) is 6.20. The molecule has 1 aliphatic rings. The zero-order valence-electron chi connectivity index (χ0n) is 12.6. The number of carboxylic acids is 1. The molecule has 1 N–H and O–H groups in total. The molecule has 0 saturated heterocycles. The van der Waals surface area contributed by atoms with E-state index in [9.17, 15) is 9.59 Å². The van der Waals surface area contributed by atoms with Crippen LogP contribution in [-0.4, -0.2) is 16.9 Å². The molecule has 0 aromatic heterocycles. The van der Waals surface area contributed by atoms with Crippen LogP contribution in [0.3, 0.4) is 0 Å². The molecule has 0 amide bonds. The highest BCUT2D eigenvalue weighted by Gasteiger charge is 2.38. The molecule has 0 aliphatic heterocycles. The molecule has 3 nitrogen and oxygen atoms in total. The Balaban J connectivity index is 2.37. The summed E-state index contributed by atoms with van der Waals surface area (Å²) in [4.78, 5) is 23.1.